The number of halogens is 1. The summed E-state index contributed by atoms with van der Waals surface area (Å²) in [4.78, 5) is 12.8. The number of ether oxygens (including phenoxy) is 2. The summed E-state index contributed by atoms with van der Waals surface area (Å²) in [6.07, 6.45) is 0. The van der Waals surface area contributed by atoms with Crippen LogP contribution in [0.3, 0.4) is 0 Å². The van der Waals surface area contributed by atoms with Gasteiger partial charge in [0.1, 0.15) is 0 Å². The molecule has 0 radical (unpaired) electrons. The highest BCUT2D eigenvalue weighted by atomic mass is 35.5. The summed E-state index contributed by atoms with van der Waals surface area (Å²) in [6, 6.07) is 10.9. The van der Waals surface area contributed by atoms with Crippen molar-refractivity contribution in [1.82, 2.24) is 0 Å². The maximum atomic E-state index is 12.8. The molecule has 0 aromatic heterocycles. The summed E-state index contributed by atoms with van der Waals surface area (Å²) >= 11 is 6.12. The van der Waals surface area contributed by atoms with E-state index in [0.717, 1.165) is 11.1 Å². The van der Waals surface area contributed by atoms with Crippen molar-refractivity contribution in [3.8, 4) is 11.5 Å². The molecular weight excluding hydrogens is 326 g/mol. The molecule has 0 spiro atoms. The van der Waals surface area contributed by atoms with E-state index in [2.05, 4.69) is 5.32 Å². The van der Waals surface area contributed by atoms with E-state index in [0.29, 0.717) is 22.2 Å². The first-order valence-electron chi connectivity index (χ1n) is 7.60. The molecule has 2 rings (SSSR count). The highest BCUT2D eigenvalue weighted by Crippen LogP contribution is 2.34. The molecule has 0 aliphatic heterocycles. The highest BCUT2D eigenvalue weighted by molar-refractivity contribution is 6.31. The molecule has 1 N–H and O–H groups in total. The summed E-state index contributed by atoms with van der Waals surface area (Å²) in [5.41, 5.74) is 1.63. The van der Waals surface area contributed by atoms with Crippen molar-refractivity contribution in [3.05, 3.63) is 52.5 Å². The van der Waals surface area contributed by atoms with E-state index in [-0.39, 0.29) is 5.91 Å². The number of carbonyl (C=O) groups excluding carboxylic acids is 1. The Labute approximate surface area is 147 Å². The third-order valence-corrected chi connectivity index (χ3v) is 4.60. The van der Waals surface area contributed by atoms with Gasteiger partial charge in [-0.05, 0) is 56.2 Å². The Balaban J connectivity index is 2.32. The van der Waals surface area contributed by atoms with E-state index in [1.54, 1.807) is 26.4 Å². The van der Waals surface area contributed by atoms with Crippen molar-refractivity contribution in [1.29, 1.82) is 0 Å². The quantitative estimate of drug-likeness (QED) is 0.861. The Morgan fingerprint density at radius 1 is 1.08 bits per heavy atom. The molecule has 24 heavy (non-hydrogen) atoms. The number of anilines is 1. The second kappa shape index (κ2) is 7.14. The molecule has 4 nitrogen and oxygen atoms in total. The fourth-order valence-corrected chi connectivity index (χ4v) is 2.55. The lowest BCUT2D eigenvalue weighted by molar-refractivity contribution is -0.120. The molecule has 0 bridgehead atoms. The Morgan fingerprint density at radius 3 is 2.38 bits per heavy atom. The smallest absolute Gasteiger partial charge is 0.234 e. The van der Waals surface area contributed by atoms with Crippen LogP contribution in [0.25, 0.3) is 0 Å². The van der Waals surface area contributed by atoms with Gasteiger partial charge in [0.05, 0.1) is 19.6 Å². The molecule has 0 aliphatic rings. The molecule has 1 amide bonds. The van der Waals surface area contributed by atoms with Gasteiger partial charge in [-0.3, -0.25) is 4.79 Å². The van der Waals surface area contributed by atoms with Gasteiger partial charge in [-0.25, -0.2) is 0 Å². The fourth-order valence-electron chi connectivity index (χ4n) is 2.38. The monoisotopic (exact) mass is 347 g/mol. The molecule has 0 fully saturated rings. The molecule has 0 saturated carbocycles. The van der Waals surface area contributed by atoms with Crippen LogP contribution in [0.5, 0.6) is 11.5 Å². The van der Waals surface area contributed by atoms with Crippen LogP contribution in [0, 0.1) is 6.92 Å². The zero-order chi connectivity index (χ0) is 17.9. The van der Waals surface area contributed by atoms with Crippen LogP contribution in [0.15, 0.2) is 36.4 Å². The number of nitrogens with one attached hydrogen (secondary N) is 1. The second-order valence-electron chi connectivity index (χ2n) is 6.06. The lowest BCUT2D eigenvalue weighted by Gasteiger charge is -2.25. The van der Waals surface area contributed by atoms with E-state index < -0.39 is 5.41 Å². The Hall–Kier alpha value is -2.20. The molecule has 0 atom stereocenters. The van der Waals surface area contributed by atoms with Gasteiger partial charge >= 0.3 is 0 Å². The van der Waals surface area contributed by atoms with Crippen LogP contribution >= 0.6 is 11.6 Å². The topological polar surface area (TPSA) is 47.6 Å². The van der Waals surface area contributed by atoms with Crippen LogP contribution in [0.2, 0.25) is 5.02 Å². The molecule has 0 heterocycles. The lowest BCUT2D eigenvalue weighted by Crippen LogP contribution is -2.35. The Kier molecular flexibility index (Phi) is 5.40. The van der Waals surface area contributed by atoms with E-state index in [9.17, 15) is 4.79 Å². The molecule has 2 aromatic rings. The number of rotatable bonds is 5. The number of carbonyl (C=O) groups is 1. The largest absolute Gasteiger partial charge is 0.493 e. The zero-order valence-electron chi connectivity index (χ0n) is 14.6. The SMILES string of the molecule is COc1ccc(C(C)(C)C(=O)Nc2cccc(Cl)c2C)cc1OC. The first kappa shape index (κ1) is 18.1. The number of amides is 1. The average Bonchev–Trinajstić information content (AvgIpc) is 2.58. The number of benzene rings is 2. The van der Waals surface area contributed by atoms with Crippen LogP contribution < -0.4 is 14.8 Å². The number of hydrogen-bond acceptors (Lipinski definition) is 3. The summed E-state index contributed by atoms with van der Waals surface area (Å²) in [7, 11) is 3.15. The highest BCUT2D eigenvalue weighted by Gasteiger charge is 2.31. The van der Waals surface area contributed by atoms with Gasteiger partial charge in [-0.2, -0.15) is 0 Å². The third-order valence-electron chi connectivity index (χ3n) is 4.19. The average molecular weight is 348 g/mol. The summed E-state index contributed by atoms with van der Waals surface area (Å²) in [5, 5.41) is 3.58. The van der Waals surface area contributed by atoms with Crippen molar-refractivity contribution in [2.24, 2.45) is 0 Å². The molecule has 5 heteroatoms. The second-order valence-corrected chi connectivity index (χ2v) is 6.47. The predicted octanol–water partition coefficient (Wildman–Crippen LogP) is 4.58. The lowest BCUT2D eigenvalue weighted by atomic mass is 9.83. The van der Waals surface area contributed by atoms with Crippen molar-refractivity contribution in [2.75, 3.05) is 19.5 Å². The van der Waals surface area contributed by atoms with Crippen molar-refractivity contribution in [3.63, 3.8) is 0 Å². The van der Waals surface area contributed by atoms with E-state index in [1.165, 1.54) is 0 Å². The summed E-state index contributed by atoms with van der Waals surface area (Å²) in [6.45, 7) is 5.61. The molecule has 2 aromatic carbocycles. The standard InChI is InChI=1S/C19H22ClNO3/c1-12-14(20)7-6-8-15(12)21-18(22)19(2,3)13-9-10-16(23-4)17(11-13)24-5/h6-11H,1-5H3,(H,21,22). The summed E-state index contributed by atoms with van der Waals surface area (Å²) < 4.78 is 10.6. The van der Waals surface area contributed by atoms with Crippen molar-refractivity contribution < 1.29 is 14.3 Å². The van der Waals surface area contributed by atoms with Gasteiger partial charge in [-0.1, -0.05) is 23.7 Å². The van der Waals surface area contributed by atoms with Gasteiger partial charge in [0.2, 0.25) is 5.91 Å². The van der Waals surface area contributed by atoms with Gasteiger partial charge in [0.25, 0.3) is 0 Å². The maximum Gasteiger partial charge on any atom is 0.234 e. The number of hydrogen-bond donors (Lipinski definition) is 1. The first-order valence-corrected chi connectivity index (χ1v) is 7.98. The van der Waals surface area contributed by atoms with Gasteiger partial charge in [0.15, 0.2) is 11.5 Å². The first-order chi connectivity index (χ1) is 11.3. The molecule has 0 saturated heterocycles. The third kappa shape index (κ3) is 3.49. The molecule has 0 aliphatic carbocycles. The Morgan fingerprint density at radius 2 is 1.75 bits per heavy atom. The minimum absolute atomic E-state index is 0.125. The molecule has 128 valence electrons. The maximum absolute atomic E-state index is 12.8. The molecular formula is C19H22ClNO3. The van der Waals surface area contributed by atoms with E-state index >= 15 is 0 Å². The van der Waals surface area contributed by atoms with E-state index in [4.69, 9.17) is 21.1 Å². The van der Waals surface area contributed by atoms with Crippen molar-refractivity contribution in [2.45, 2.75) is 26.2 Å². The fraction of sp³-hybridized carbons (Fsp3) is 0.316. The minimum Gasteiger partial charge on any atom is -0.493 e. The normalized spacial score (nSPS) is 11.1. The predicted molar refractivity (Wildman–Crippen MR) is 97.4 cm³/mol. The van der Waals surface area contributed by atoms with Crippen LogP contribution in [-0.2, 0) is 10.2 Å². The Bertz CT molecular complexity index is 756. The van der Waals surface area contributed by atoms with Gasteiger partial charge in [-0.15, -0.1) is 0 Å². The van der Waals surface area contributed by atoms with Crippen LogP contribution in [0.4, 0.5) is 5.69 Å². The minimum atomic E-state index is -0.756. The van der Waals surface area contributed by atoms with Crippen LogP contribution in [0.1, 0.15) is 25.0 Å². The van der Waals surface area contributed by atoms with E-state index in [1.807, 2.05) is 45.0 Å². The zero-order valence-corrected chi connectivity index (χ0v) is 15.3. The number of methoxy groups -OCH3 is 2. The van der Waals surface area contributed by atoms with Gasteiger partial charge in [0, 0.05) is 10.7 Å². The molecule has 0 unspecified atom stereocenters. The van der Waals surface area contributed by atoms with Crippen LogP contribution in [-0.4, -0.2) is 20.1 Å². The summed E-state index contributed by atoms with van der Waals surface area (Å²) in [5.74, 6) is 1.10. The van der Waals surface area contributed by atoms with Crippen molar-refractivity contribution >= 4 is 23.2 Å². The van der Waals surface area contributed by atoms with Gasteiger partial charge < -0.3 is 14.8 Å².